The van der Waals surface area contributed by atoms with Crippen molar-refractivity contribution in [2.75, 3.05) is 0 Å². The van der Waals surface area contributed by atoms with Crippen LogP contribution in [0.1, 0.15) is 6.92 Å². The van der Waals surface area contributed by atoms with E-state index in [9.17, 15) is 8.42 Å². The van der Waals surface area contributed by atoms with Gasteiger partial charge in [-0.2, -0.15) is 8.42 Å². The van der Waals surface area contributed by atoms with Crippen molar-refractivity contribution >= 4 is 57.1 Å². The Morgan fingerprint density at radius 1 is 1.70 bits per heavy atom. The number of thiocarbonyl (C=S) groups is 1. The predicted octanol–water partition coefficient (Wildman–Crippen LogP) is -0.325. The van der Waals surface area contributed by atoms with Crippen molar-refractivity contribution in [2.24, 2.45) is 4.99 Å². The molecule has 0 aliphatic rings. The van der Waals surface area contributed by atoms with Gasteiger partial charge in [0.15, 0.2) is 5.37 Å². The summed E-state index contributed by atoms with van der Waals surface area (Å²) in [4.78, 5) is 3.12. The molecule has 1 unspecified atom stereocenters. The molecule has 0 aromatic heterocycles. The summed E-state index contributed by atoms with van der Waals surface area (Å²) in [7, 11) is -4.06. The van der Waals surface area contributed by atoms with Crippen molar-refractivity contribution in [2.45, 2.75) is 12.3 Å². The molecule has 0 aromatic carbocycles. The van der Waals surface area contributed by atoms with Crippen LogP contribution in [0, 0.1) is 0 Å². The molecule has 0 spiro atoms. The zero-order chi connectivity index (χ0) is 7.49. The van der Waals surface area contributed by atoms with Crippen LogP contribution in [0.3, 0.4) is 0 Å². The van der Waals surface area contributed by atoms with Crippen LogP contribution in [0.25, 0.3) is 0 Å². The average Bonchev–Trinajstić information content (AvgIpc) is 1.64. The fourth-order valence-corrected chi connectivity index (χ4v) is 0.552. The van der Waals surface area contributed by atoms with Crippen molar-refractivity contribution in [1.29, 1.82) is 0 Å². The summed E-state index contributed by atoms with van der Waals surface area (Å²) in [6.45, 7) is 1.20. The molecule has 4 nitrogen and oxygen atoms in total. The molecule has 0 fully saturated rings. The van der Waals surface area contributed by atoms with Crippen molar-refractivity contribution in [1.82, 2.24) is 0 Å². The zero-order valence-corrected chi connectivity index (χ0v) is 6.24. The van der Waals surface area contributed by atoms with Gasteiger partial charge in [0.25, 0.3) is 10.1 Å². The van der Waals surface area contributed by atoms with E-state index >= 15 is 0 Å². The van der Waals surface area contributed by atoms with Gasteiger partial charge in [-0.15, -0.1) is 0 Å². The molecular weight excluding hydrogens is 185 g/mol. The second-order valence-corrected chi connectivity index (χ2v) is 3.23. The minimum atomic E-state index is -4.06. The van der Waals surface area contributed by atoms with E-state index in [-0.39, 0.29) is 29.6 Å². The van der Waals surface area contributed by atoms with Crippen LogP contribution in [-0.4, -0.2) is 53.1 Å². The van der Waals surface area contributed by atoms with Crippen molar-refractivity contribution in [3.05, 3.63) is 0 Å². The summed E-state index contributed by atoms with van der Waals surface area (Å²) < 4.78 is 28.4. The Kier molecular flexibility index (Phi) is 7.15. The van der Waals surface area contributed by atoms with Crippen LogP contribution in [0.5, 0.6) is 0 Å². The number of nitrogens with zero attached hydrogens (tertiary/aromatic N) is 1. The Labute approximate surface area is 86.8 Å². The van der Waals surface area contributed by atoms with E-state index in [1.165, 1.54) is 6.92 Å². The third-order valence-electron chi connectivity index (χ3n) is 0.666. The Morgan fingerprint density at radius 3 is 2.20 bits per heavy atom. The van der Waals surface area contributed by atoms with Gasteiger partial charge >= 0.3 is 29.6 Å². The average molecular weight is 191 g/mol. The second-order valence-electron chi connectivity index (χ2n) is 1.33. The first-order valence-electron chi connectivity index (χ1n) is 2.01. The van der Waals surface area contributed by atoms with Gasteiger partial charge < -0.3 is 0 Å². The van der Waals surface area contributed by atoms with Crippen LogP contribution >= 0.6 is 12.2 Å². The monoisotopic (exact) mass is 191 g/mol. The zero-order valence-electron chi connectivity index (χ0n) is 4.60. The van der Waals surface area contributed by atoms with E-state index in [0.717, 1.165) is 0 Å². The number of aliphatic imine (C=N–C) groups is 1. The molecule has 0 aliphatic heterocycles. The standard InChI is InChI=1S/C3H5NO3S2.Na.H/c1-3(4-2-8)9(5,6)7;;/h3H,1H3,(H,5,6,7);;. The molecule has 0 aliphatic carbocycles. The molecule has 0 aromatic rings. The second kappa shape index (κ2) is 5.37. The van der Waals surface area contributed by atoms with Crippen molar-refractivity contribution in [3.63, 3.8) is 0 Å². The van der Waals surface area contributed by atoms with E-state index in [4.69, 9.17) is 4.55 Å². The Hall–Kier alpha value is 0.710. The molecule has 0 saturated heterocycles. The van der Waals surface area contributed by atoms with Crippen LogP contribution in [0.4, 0.5) is 0 Å². The summed E-state index contributed by atoms with van der Waals surface area (Å²) in [5, 5.41) is 0.644. The first kappa shape index (κ1) is 13.3. The quantitative estimate of drug-likeness (QED) is 0.281. The molecule has 1 N–H and O–H groups in total. The summed E-state index contributed by atoms with van der Waals surface area (Å²) in [5.41, 5.74) is 0. The van der Waals surface area contributed by atoms with E-state index in [2.05, 4.69) is 17.2 Å². The van der Waals surface area contributed by atoms with E-state index in [1.54, 1.807) is 0 Å². The fraction of sp³-hybridized carbons (Fsp3) is 0.667. The first-order valence-corrected chi connectivity index (χ1v) is 3.93. The van der Waals surface area contributed by atoms with E-state index in [1.807, 2.05) is 5.16 Å². The Bertz CT molecular complexity index is 230. The SMILES string of the molecule is CC(N=C=S)S(=O)(=O)O.[NaH]. The maximum atomic E-state index is 10.1. The van der Waals surface area contributed by atoms with Gasteiger partial charge in [-0.3, -0.25) is 4.55 Å². The summed E-state index contributed by atoms with van der Waals surface area (Å²) in [5.74, 6) is 0. The number of rotatable bonds is 2. The van der Waals surface area contributed by atoms with Gasteiger partial charge in [-0.05, 0) is 19.1 Å². The molecule has 0 rings (SSSR count). The molecule has 0 heterocycles. The van der Waals surface area contributed by atoms with Crippen LogP contribution in [0.15, 0.2) is 4.99 Å². The van der Waals surface area contributed by atoms with Gasteiger partial charge in [0.2, 0.25) is 0 Å². The van der Waals surface area contributed by atoms with Gasteiger partial charge in [-0.1, -0.05) is 0 Å². The van der Waals surface area contributed by atoms with Crippen molar-refractivity contribution in [3.8, 4) is 0 Å². The number of hydrogen-bond donors (Lipinski definition) is 1. The van der Waals surface area contributed by atoms with Gasteiger partial charge in [-0.25, -0.2) is 4.99 Å². The summed E-state index contributed by atoms with van der Waals surface area (Å²) in [6, 6.07) is 0. The topological polar surface area (TPSA) is 66.7 Å². The van der Waals surface area contributed by atoms with Crippen LogP contribution in [0.2, 0.25) is 0 Å². The molecule has 0 radical (unpaired) electrons. The third kappa shape index (κ3) is 5.49. The molecule has 0 saturated carbocycles. The van der Waals surface area contributed by atoms with Crippen LogP contribution < -0.4 is 0 Å². The maximum absolute atomic E-state index is 10.1. The third-order valence-corrected chi connectivity index (χ3v) is 1.74. The number of hydrogen-bond acceptors (Lipinski definition) is 4. The molecule has 1 atom stereocenters. The molecule has 0 amide bonds. The molecular formula is C3H6NNaO3S2. The molecule has 10 heavy (non-hydrogen) atoms. The van der Waals surface area contributed by atoms with Crippen LogP contribution in [-0.2, 0) is 10.1 Å². The number of isothiocyanates is 1. The molecule has 7 heteroatoms. The summed E-state index contributed by atoms with van der Waals surface area (Å²) in [6.07, 6.45) is 0. The molecule has 54 valence electrons. The first-order chi connectivity index (χ1) is 3.98. The van der Waals surface area contributed by atoms with Gasteiger partial charge in [0.1, 0.15) is 0 Å². The van der Waals surface area contributed by atoms with Gasteiger partial charge in [0, 0.05) is 0 Å². The fourth-order valence-electron chi connectivity index (χ4n) is 0.141. The summed E-state index contributed by atoms with van der Waals surface area (Å²) >= 11 is 4.10. The van der Waals surface area contributed by atoms with E-state index < -0.39 is 15.5 Å². The Balaban J connectivity index is 0. The predicted molar refractivity (Wildman–Crippen MR) is 43.2 cm³/mol. The molecule has 0 bridgehead atoms. The Morgan fingerprint density at radius 2 is 2.10 bits per heavy atom. The minimum absolute atomic E-state index is 0. The normalized spacial score (nSPS) is 12.6. The van der Waals surface area contributed by atoms with Gasteiger partial charge in [0.05, 0.1) is 5.16 Å². The van der Waals surface area contributed by atoms with Crippen molar-refractivity contribution < 1.29 is 13.0 Å². The van der Waals surface area contributed by atoms with E-state index in [0.29, 0.717) is 0 Å².